The highest BCUT2D eigenvalue weighted by Crippen LogP contribution is 2.27. The molecule has 0 spiro atoms. The Balaban J connectivity index is 1.50. The van der Waals surface area contributed by atoms with Crippen molar-refractivity contribution in [1.82, 2.24) is 15.5 Å². The van der Waals surface area contributed by atoms with E-state index >= 15 is 0 Å². The Hall–Kier alpha value is -3.13. The van der Waals surface area contributed by atoms with Gasteiger partial charge in [-0.1, -0.05) is 6.07 Å². The van der Waals surface area contributed by atoms with Gasteiger partial charge in [-0.2, -0.15) is 5.10 Å². The minimum atomic E-state index is -0.271. The van der Waals surface area contributed by atoms with Gasteiger partial charge in [-0.05, 0) is 37.3 Å². The van der Waals surface area contributed by atoms with Crippen LogP contribution in [0.5, 0.6) is 0 Å². The van der Waals surface area contributed by atoms with Gasteiger partial charge in [0.25, 0.3) is 5.91 Å². The van der Waals surface area contributed by atoms with E-state index in [1.54, 1.807) is 40.5 Å². The second kappa shape index (κ2) is 6.64. The summed E-state index contributed by atoms with van der Waals surface area (Å²) in [5.74, 6) is 0.187. The van der Waals surface area contributed by atoms with Gasteiger partial charge >= 0.3 is 6.03 Å². The number of aromatic nitrogens is 2. The van der Waals surface area contributed by atoms with Gasteiger partial charge < -0.3 is 10.6 Å². The van der Waals surface area contributed by atoms with Crippen LogP contribution in [0.3, 0.4) is 0 Å². The lowest BCUT2D eigenvalue weighted by Crippen LogP contribution is -2.27. The number of aromatic amines is 1. The Kier molecular flexibility index (Phi) is 4.18. The van der Waals surface area contributed by atoms with Gasteiger partial charge in [0.2, 0.25) is 0 Å². The summed E-state index contributed by atoms with van der Waals surface area (Å²) in [4.78, 5) is 28.2. The highest BCUT2D eigenvalue weighted by atomic mass is 32.1. The molecule has 1 aromatic carbocycles. The van der Waals surface area contributed by atoms with E-state index in [1.807, 2.05) is 25.1 Å². The van der Waals surface area contributed by atoms with Crippen molar-refractivity contribution in [1.29, 1.82) is 0 Å². The van der Waals surface area contributed by atoms with Gasteiger partial charge in [0.05, 0.1) is 10.6 Å². The number of amides is 3. The quantitative estimate of drug-likeness (QED) is 0.661. The first-order valence-electron chi connectivity index (χ1n) is 8.19. The van der Waals surface area contributed by atoms with Crippen LogP contribution in [0.25, 0.3) is 10.6 Å². The predicted octanol–water partition coefficient (Wildman–Crippen LogP) is 3.23. The monoisotopic (exact) mass is 367 g/mol. The third-order valence-corrected chi connectivity index (χ3v) is 5.14. The lowest BCUT2D eigenvalue weighted by atomic mass is 10.1. The van der Waals surface area contributed by atoms with Gasteiger partial charge in [-0.15, -0.1) is 11.3 Å². The summed E-state index contributed by atoms with van der Waals surface area (Å²) < 4.78 is 0. The molecule has 1 aliphatic heterocycles. The zero-order chi connectivity index (χ0) is 18.1. The normalized spacial score (nSPS) is 13.7. The fourth-order valence-electron chi connectivity index (χ4n) is 2.81. The Morgan fingerprint density at radius 2 is 2.15 bits per heavy atom. The number of hydrogen-bond acceptors (Lipinski definition) is 4. The van der Waals surface area contributed by atoms with E-state index in [2.05, 4.69) is 20.8 Å². The van der Waals surface area contributed by atoms with Crippen LogP contribution in [-0.2, 0) is 0 Å². The van der Waals surface area contributed by atoms with Gasteiger partial charge in [0, 0.05) is 35.3 Å². The maximum absolute atomic E-state index is 12.5. The molecule has 0 atom stereocenters. The van der Waals surface area contributed by atoms with E-state index in [0.29, 0.717) is 30.2 Å². The molecule has 1 aliphatic rings. The number of hydrogen-bond donors (Lipinski definition) is 3. The number of urea groups is 1. The lowest BCUT2D eigenvalue weighted by molar-refractivity contribution is 0.102. The standard InChI is InChI=1S/C18H17N5O2S/c1-11-5-6-15(26-11)14-10-16(22-21-14)20-17(24)12-3-2-4-13(9-12)23-8-7-19-18(23)25/h2-6,9-10H,7-8H2,1H3,(H,19,25)(H2,20,21,22,24). The number of nitrogens with zero attached hydrogens (tertiary/aromatic N) is 2. The first kappa shape index (κ1) is 16.3. The zero-order valence-electron chi connectivity index (χ0n) is 14.1. The van der Waals surface area contributed by atoms with Crippen molar-refractivity contribution < 1.29 is 9.59 Å². The minimum absolute atomic E-state index is 0.147. The number of carbonyl (C=O) groups excluding carboxylic acids is 2. The molecule has 3 N–H and O–H groups in total. The second-order valence-corrected chi connectivity index (χ2v) is 7.25. The number of carbonyl (C=O) groups is 2. The van der Waals surface area contributed by atoms with Crippen LogP contribution in [0.1, 0.15) is 15.2 Å². The molecular formula is C18H17N5O2S. The highest BCUT2D eigenvalue weighted by molar-refractivity contribution is 7.15. The predicted molar refractivity (Wildman–Crippen MR) is 102 cm³/mol. The van der Waals surface area contributed by atoms with Crippen molar-refractivity contribution in [2.75, 3.05) is 23.3 Å². The van der Waals surface area contributed by atoms with E-state index in [4.69, 9.17) is 0 Å². The number of H-pyrrole nitrogens is 1. The molecule has 7 nitrogen and oxygen atoms in total. The molecule has 3 aromatic rings. The molecule has 3 heterocycles. The maximum atomic E-state index is 12.5. The number of aryl methyl sites for hydroxylation is 1. The molecule has 132 valence electrons. The number of rotatable bonds is 4. The Labute approximate surface area is 154 Å². The van der Waals surface area contributed by atoms with E-state index in [1.165, 1.54) is 4.88 Å². The molecule has 8 heteroatoms. The van der Waals surface area contributed by atoms with Crippen LogP contribution < -0.4 is 15.5 Å². The average molecular weight is 367 g/mol. The molecular weight excluding hydrogens is 350 g/mol. The number of nitrogens with one attached hydrogen (secondary N) is 3. The van der Waals surface area contributed by atoms with Crippen molar-refractivity contribution in [3.8, 4) is 10.6 Å². The topological polar surface area (TPSA) is 90.1 Å². The molecule has 2 aromatic heterocycles. The van der Waals surface area contributed by atoms with Crippen molar-refractivity contribution in [3.63, 3.8) is 0 Å². The van der Waals surface area contributed by atoms with Gasteiger partial charge in [0.1, 0.15) is 0 Å². The molecule has 4 rings (SSSR count). The molecule has 0 radical (unpaired) electrons. The van der Waals surface area contributed by atoms with Crippen LogP contribution in [0.4, 0.5) is 16.3 Å². The van der Waals surface area contributed by atoms with Crippen molar-refractivity contribution >= 4 is 34.8 Å². The lowest BCUT2D eigenvalue weighted by Gasteiger charge is -2.14. The molecule has 1 fully saturated rings. The van der Waals surface area contributed by atoms with Crippen LogP contribution in [-0.4, -0.2) is 35.2 Å². The average Bonchev–Trinajstić information content (AvgIpc) is 3.36. The summed E-state index contributed by atoms with van der Waals surface area (Å²) in [5, 5.41) is 12.6. The first-order valence-corrected chi connectivity index (χ1v) is 9.01. The van der Waals surface area contributed by atoms with Crippen molar-refractivity contribution in [2.45, 2.75) is 6.92 Å². The fraction of sp³-hybridized carbons (Fsp3) is 0.167. The van der Waals surface area contributed by atoms with Crippen LogP contribution in [0, 0.1) is 6.92 Å². The summed E-state index contributed by atoms with van der Waals surface area (Å²) in [6.45, 7) is 3.24. The third kappa shape index (κ3) is 3.18. The molecule has 1 saturated heterocycles. The highest BCUT2D eigenvalue weighted by Gasteiger charge is 2.22. The van der Waals surface area contributed by atoms with Crippen molar-refractivity contribution in [3.05, 3.63) is 52.9 Å². The third-order valence-electron chi connectivity index (χ3n) is 4.10. The summed E-state index contributed by atoms with van der Waals surface area (Å²) in [7, 11) is 0. The van der Waals surface area contributed by atoms with E-state index in [9.17, 15) is 9.59 Å². The molecule has 0 bridgehead atoms. The maximum Gasteiger partial charge on any atom is 0.321 e. The fourth-order valence-corrected chi connectivity index (χ4v) is 3.65. The van der Waals surface area contributed by atoms with E-state index in [0.717, 1.165) is 10.6 Å². The Morgan fingerprint density at radius 1 is 1.27 bits per heavy atom. The van der Waals surface area contributed by atoms with Gasteiger partial charge in [-0.25, -0.2) is 4.79 Å². The second-order valence-electron chi connectivity index (χ2n) is 5.97. The van der Waals surface area contributed by atoms with Crippen LogP contribution in [0.2, 0.25) is 0 Å². The summed E-state index contributed by atoms with van der Waals surface area (Å²) in [6, 6.07) is 12.7. The van der Waals surface area contributed by atoms with E-state index in [-0.39, 0.29) is 11.9 Å². The molecule has 3 amide bonds. The molecule has 0 aliphatic carbocycles. The largest absolute Gasteiger partial charge is 0.336 e. The minimum Gasteiger partial charge on any atom is -0.336 e. The smallest absolute Gasteiger partial charge is 0.321 e. The SMILES string of the molecule is Cc1ccc(-c2cc(NC(=O)c3cccc(N4CCNC4=O)c3)n[nH]2)s1. The Morgan fingerprint density at radius 3 is 2.88 bits per heavy atom. The summed E-state index contributed by atoms with van der Waals surface area (Å²) in [6.07, 6.45) is 0. The number of thiophene rings is 1. The van der Waals surface area contributed by atoms with Crippen LogP contribution in [0.15, 0.2) is 42.5 Å². The molecule has 26 heavy (non-hydrogen) atoms. The van der Waals surface area contributed by atoms with Crippen LogP contribution >= 0.6 is 11.3 Å². The van der Waals surface area contributed by atoms with Crippen molar-refractivity contribution in [2.24, 2.45) is 0 Å². The first-order chi connectivity index (χ1) is 12.6. The number of anilines is 2. The number of benzene rings is 1. The van der Waals surface area contributed by atoms with E-state index < -0.39 is 0 Å². The summed E-state index contributed by atoms with van der Waals surface area (Å²) >= 11 is 1.66. The molecule has 0 unspecified atom stereocenters. The Bertz CT molecular complexity index is 977. The zero-order valence-corrected chi connectivity index (χ0v) is 14.9. The van der Waals surface area contributed by atoms with Gasteiger partial charge in [-0.3, -0.25) is 14.8 Å². The summed E-state index contributed by atoms with van der Waals surface area (Å²) in [5.41, 5.74) is 2.03. The van der Waals surface area contributed by atoms with Gasteiger partial charge in [0.15, 0.2) is 5.82 Å². The molecule has 0 saturated carbocycles.